The average molecular weight is 520 g/mol. The summed E-state index contributed by atoms with van der Waals surface area (Å²) in [5.74, 6) is -2.22. The molecule has 1 aliphatic rings. The molecule has 38 heavy (non-hydrogen) atoms. The van der Waals surface area contributed by atoms with Gasteiger partial charge in [-0.2, -0.15) is 0 Å². The Balaban J connectivity index is 1.25. The van der Waals surface area contributed by atoms with E-state index >= 15 is 0 Å². The Kier molecular flexibility index (Phi) is 5.77. The number of aromatic nitrogens is 5. The zero-order chi connectivity index (χ0) is 26.6. The lowest BCUT2D eigenvalue weighted by atomic mass is 10.1. The lowest BCUT2D eigenvalue weighted by Gasteiger charge is -2.35. The number of hydrogen-bond donors (Lipinski definition) is 1. The molecule has 2 aromatic carbocycles. The number of benzene rings is 2. The Hall–Kier alpha value is -4.41. The van der Waals surface area contributed by atoms with Gasteiger partial charge in [0, 0.05) is 51.1 Å². The van der Waals surface area contributed by atoms with Crippen LogP contribution in [0.5, 0.6) is 0 Å². The maximum absolute atomic E-state index is 14.2. The topological polar surface area (TPSA) is 82.9 Å². The minimum atomic E-state index is -1.28. The zero-order valence-electron chi connectivity index (χ0n) is 20.8. The fourth-order valence-electron chi connectivity index (χ4n) is 5.00. The van der Waals surface area contributed by atoms with E-state index in [-0.39, 0.29) is 22.8 Å². The SMILES string of the molecule is CC(c1nc2c(F)cc(F)c(F)c2[nH]1)c1nc2ccc(C(=O)N3CCN(c4ccccn4)CC3)cc2n1C. The lowest BCUT2D eigenvalue weighted by molar-refractivity contribution is 0.0746. The number of carbonyl (C=O) groups is 1. The maximum Gasteiger partial charge on any atom is 0.254 e. The van der Waals surface area contributed by atoms with Gasteiger partial charge in [0.25, 0.3) is 5.91 Å². The molecule has 1 atom stereocenters. The Labute approximate surface area is 215 Å². The first-order valence-corrected chi connectivity index (χ1v) is 12.3. The number of fused-ring (bicyclic) bond motifs is 2. The number of halogens is 3. The van der Waals surface area contributed by atoms with Crippen molar-refractivity contribution >= 4 is 33.8 Å². The molecule has 194 valence electrons. The Morgan fingerprint density at radius 2 is 1.79 bits per heavy atom. The van der Waals surface area contributed by atoms with E-state index in [9.17, 15) is 18.0 Å². The normalized spacial score (nSPS) is 15.0. The summed E-state index contributed by atoms with van der Waals surface area (Å²) >= 11 is 0. The first-order chi connectivity index (χ1) is 18.3. The molecule has 1 saturated heterocycles. The number of carbonyl (C=O) groups excluding carboxylic acids is 1. The minimum Gasteiger partial charge on any atom is -0.353 e. The van der Waals surface area contributed by atoms with Crippen LogP contribution < -0.4 is 4.90 Å². The minimum absolute atomic E-state index is 0.0615. The van der Waals surface area contributed by atoms with E-state index in [1.807, 2.05) is 34.7 Å². The largest absolute Gasteiger partial charge is 0.353 e. The maximum atomic E-state index is 14.2. The van der Waals surface area contributed by atoms with E-state index in [1.165, 1.54) is 0 Å². The van der Waals surface area contributed by atoms with Crippen molar-refractivity contribution in [3.8, 4) is 0 Å². The molecule has 8 nitrogen and oxygen atoms in total. The standard InChI is InChI=1S/C27H24F3N7O/c1-15(25-33-23-18(29)14-17(28)22(30)24(23)34-25)26-32-19-7-6-16(13-20(19)35(26)2)27(38)37-11-9-36(10-12-37)21-5-3-4-8-31-21/h3-8,13-15H,9-12H2,1-2H3,(H,33,34). The quantitative estimate of drug-likeness (QED) is 0.357. The van der Waals surface area contributed by atoms with Crippen molar-refractivity contribution in [3.63, 3.8) is 0 Å². The second-order valence-electron chi connectivity index (χ2n) is 9.42. The molecule has 3 aromatic heterocycles. The highest BCUT2D eigenvalue weighted by Crippen LogP contribution is 2.29. The number of aromatic amines is 1. The van der Waals surface area contributed by atoms with E-state index in [2.05, 4.69) is 24.8 Å². The molecular formula is C27H24F3N7O. The first-order valence-electron chi connectivity index (χ1n) is 12.3. The predicted molar refractivity (Wildman–Crippen MR) is 137 cm³/mol. The smallest absolute Gasteiger partial charge is 0.254 e. The molecule has 0 saturated carbocycles. The van der Waals surface area contributed by atoms with Gasteiger partial charge >= 0.3 is 0 Å². The first kappa shape index (κ1) is 24.0. The van der Waals surface area contributed by atoms with Crippen LogP contribution >= 0.6 is 0 Å². The summed E-state index contributed by atoms with van der Waals surface area (Å²) < 4.78 is 43.9. The van der Waals surface area contributed by atoms with Crippen LogP contribution in [0.3, 0.4) is 0 Å². The van der Waals surface area contributed by atoms with Gasteiger partial charge in [-0.3, -0.25) is 4.79 Å². The molecule has 0 spiro atoms. The van der Waals surface area contributed by atoms with Gasteiger partial charge in [0.2, 0.25) is 0 Å². The van der Waals surface area contributed by atoms with Crippen LogP contribution in [0, 0.1) is 17.5 Å². The Morgan fingerprint density at radius 3 is 2.53 bits per heavy atom. The van der Waals surface area contributed by atoms with Crippen LogP contribution in [0.1, 0.15) is 34.8 Å². The second-order valence-corrected chi connectivity index (χ2v) is 9.42. The van der Waals surface area contributed by atoms with Crippen molar-refractivity contribution in [2.45, 2.75) is 12.8 Å². The van der Waals surface area contributed by atoms with Crippen molar-refractivity contribution < 1.29 is 18.0 Å². The van der Waals surface area contributed by atoms with Crippen LogP contribution in [0.2, 0.25) is 0 Å². The molecule has 1 aliphatic heterocycles. The summed E-state index contributed by atoms with van der Waals surface area (Å²) in [7, 11) is 1.81. The lowest BCUT2D eigenvalue weighted by Crippen LogP contribution is -2.49. The molecule has 1 unspecified atom stereocenters. The van der Waals surface area contributed by atoms with E-state index in [0.717, 1.165) is 11.3 Å². The molecule has 1 amide bonds. The van der Waals surface area contributed by atoms with Gasteiger partial charge in [0.15, 0.2) is 17.5 Å². The number of imidazole rings is 2. The third-order valence-corrected chi connectivity index (χ3v) is 7.13. The third kappa shape index (κ3) is 3.94. The van der Waals surface area contributed by atoms with Crippen LogP contribution in [0.25, 0.3) is 22.1 Å². The van der Waals surface area contributed by atoms with Gasteiger partial charge in [-0.1, -0.05) is 6.07 Å². The average Bonchev–Trinajstić information content (AvgIpc) is 3.54. The summed E-state index contributed by atoms with van der Waals surface area (Å²) in [6.07, 6.45) is 1.76. The van der Waals surface area contributed by atoms with E-state index in [0.29, 0.717) is 49.1 Å². The number of amides is 1. The fourth-order valence-corrected chi connectivity index (χ4v) is 5.00. The highest BCUT2D eigenvalue weighted by atomic mass is 19.2. The van der Waals surface area contributed by atoms with Gasteiger partial charge < -0.3 is 19.4 Å². The molecule has 4 heterocycles. The summed E-state index contributed by atoms with van der Waals surface area (Å²) in [6, 6.07) is 11.6. The number of nitrogens with zero attached hydrogens (tertiary/aromatic N) is 6. The molecule has 11 heteroatoms. The predicted octanol–water partition coefficient (Wildman–Crippen LogP) is 4.38. The van der Waals surface area contributed by atoms with Gasteiger partial charge in [-0.15, -0.1) is 0 Å². The number of rotatable bonds is 4. The van der Waals surface area contributed by atoms with E-state index in [1.54, 1.807) is 31.3 Å². The molecule has 0 aliphatic carbocycles. The number of hydrogen-bond acceptors (Lipinski definition) is 5. The summed E-state index contributed by atoms with van der Waals surface area (Å²) in [6.45, 7) is 4.35. The molecule has 1 N–H and O–H groups in total. The van der Waals surface area contributed by atoms with Crippen molar-refractivity contribution in [1.29, 1.82) is 0 Å². The van der Waals surface area contributed by atoms with Crippen molar-refractivity contribution in [1.82, 2.24) is 29.4 Å². The van der Waals surface area contributed by atoms with Crippen LogP contribution in [0.15, 0.2) is 48.7 Å². The van der Waals surface area contributed by atoms with Crippen molar-refractivity contribution in [3.05, 3.63) is 83.3 Å². The van der Waals surface area contributed by atoms with Gasteiger partial charge in [-0.25, -0.2) is 28.1 Å². The Bertz CT molecular complexity index is 1670. The summed E-state index contributed by atoms with van der Waals surface area (Å²) in [5, 5.41) is 0. The van der Waals surface area contributed by atoms with E-state index < -0.39 is 23.4 Å². The number of anilines is 1. The number of pyridine rings is 1. The molecule has 5 aromatic rings. The number of piperazine rings is 1. The zero-order valence-corrected chi connectivity index (χ0v) is 20.8. The molecular weight excluding hydrogens is 495 g/mol. The van der Waals surface area contributed by atoms with Gasteiger partial charge in [0.1, 0.15) is 28.5 Å². The van der Waals surface area contributed by atoms with E-state index in [4.69, 9.17) is 0 Å². The molecule has 0 bridgehead atoms. The second kappa shape index (κ2) is 9.16. The number of aryl methyl sites for hydroxylation is 1. The monoisotopic (exact) mass is 519 g/mol. The number of H-pyrrole nitrogens is 1. The highest BCUT2D eigenvalue weighted by Gasteiger charge is 2.26. The summed E-state index contributed by atoms with van der Waals surface area (Å²) in [4.78, 5) is 33.2. The fraction of sp³-hybridized carbons (Fsp3) is 0.259. The Morgan fingerprint density at radius 1 is 1.00 bits per heavy atom. The van der Waals surface area contributed by atoms with Crippen LogP contribution in [0.4, 0.5) is 19.0 Å². The van der Waals surface area contributed by atoms with Crippen LogP contribution in [-0.4, -0.2) is 61.5 Å². The van der Waals surface area contributed by atoms with Crippen molar-refractivity contribution in [2.75, 3.05) is 31.1 Å². The number of nitrogens with one attached hydrogen (secondary N) is 1. The summed E-state index contributed by atoms with van der Waals surface area (Å²) in [5.41, 5.74) is 1.38. The molecule has 1 fully saturated rings. The van der Waals surface area contributed by atoms with Gasteiger partial charge in [-0.05, 0) is 37.3 Å². The highest BCUT2D eigenvalue weighted by molar-refractivity contribution is 5.97. The molecule has 0 radical (unpaired) electrons. The van der Waals surface area contributed by atoms with Gasteiger partial charge in [0.05, 0.1) is 17.0 Å². The van der Waals surface area contributed by atoms with Crippen molar-refractivity contribution in [2.24, 2.45) is 7.05 Å². The molecule has 6 rings (SSSR count). The van der Waals surface area contributed by atoms with Crippen LogP contribution in [-0.2, 0) is 7.05 Å². The third-order valence-electron chi connectivity index (χ3n) is 7.13.